The number of rotatable bonds is 7. The van der Waals surface area contributed by atoms with Crippen LogP contribution in [-0.4, -0.2) is 4.98 Å². The number of para-hydroxylation sites is 1. The third kappa shape index (κ3) is 3.58. The summed E-state index contributed by atoms with van der Waals surface area (Å²) >= 11 is 0. The van der Waals surface area contributed by atoms with Crippen LogP contribution in [0.1, 0.15) is 51.0 Å². The smallest absolute Gasteiger partial charge is 0.0477 e. The lowest BCUT2D eigenvalue weighted by molar-refractivity contribution is 0.564. The van der Waals surface area contributed by atoms with Gasteiger partial charge in [0, 0.05) is 28.5 Å². The molecule has 3 rings (SSSR count). The van der Waals surface area contributed by atoms with Crippen LogP contribution in [0.5, 0.6) is 0 Å². The number of nitrogens with one attached hydrogen (secondary N) is 2. The molecule has 0 saturated heterocycles. The quantitative estimate of drug-likeness (QED) is 0.506. The van der Waals surface area contributed by atoms with Crippen LogP contribution in [0.2, 0.25) is 0 Å². The summed E-state index contributed by atoms with van der Waals surface area (Å²) in [6.07, 6.45) is 7.23. The number of H-pyrrole nitrogens is 1. The summed E-state index contributed by atoms with van der Waals surface area (Å²) in [7, 11) is 0. The summed E-state index contributed by atoms with van der Waals surface area (Å²) in [5.41, 5.74) is 4.95. The Morgan fingerprint density at radius 2 is 1.65 bits per heavy atom. The Bertz CT molecular complexity index is 737. The molecule has 0 unspecified atom stereocenters. The van der Waals surface area contributed by atoms with Gasteiger partial charge in [-0.1, -0.05) is 51.0 Å². The molecule has 120 valence electrons. The molecule has 2 aromatic carbocycles. The van der Waals surface area contributed by atoms with Crippen LogP contribution in [0, 0.1) is 0 Å². The molecule has 2 heteroatoms. The third-order valence-electron chi connectivity index (χ3n) is 4.49. The summed E-state index contributed by atoms with van der Waals surface area (Å²) in [6.45, 7) is 4.55. The summed E-state index contributed by atoms with van der Waals surface area (Å²) < 4.78 is 0. The zero-order chi connectivity index (χ0) is 16.1. The molecule has 0 aliphatic rings. The fourth-order valence-electron chi connectivity index (χ4n) is 3.40. The van der Waals surface area contributed by atoms with Crippen molar-refractivity contribution in [1.82, 2.24) is 4.98 Å². The number of aromatic nitrogens is 1. The fraction of sp³-hybridized carbons (Fsp3) is 0.333. The van der Waals surface area contributed by atoms with Gasteiger partial charge in [-0.25, -0.2) is 0 Å². The Morgan fingerprint density at radius 3 is 2.35 bits per heavy atom. The van der Waals surface area contributed by atoms with Crippen LogP contribution in [0.4, 0.5) is 11.4 Å². The van der Waals surface area contributed by atoms with Gasteiger partial charge in [-0.15, -0.1) is 0 Å². The topological polar surface area (TPSA) is 27.8 Å². The van der Waals surface area contributed by atoms with E-state index in [2.05, 4.69) is 60.7 Å². The molecule has 0 radical (unpaired) electrons. The Balaban J connectivity index is 1.87. The van der Waals surface area contributed by atoms with E-state index in [4.69, 9.17) is 0 Å². The van der Waals surface area contributed by atoms with Gasteiger partial charge in [0.1, 0.15) is 0 Å². The minimum atomic E-state index is 0.673. The van der Waals surface area contributed by atoms with Gasteiger partial charge in [0.05, 0.1) is 0 Å². The van der Waals surface area contributed by atoms with E-state index in [-0.39, 0.29) is 0 Å². The zero-order valence-electron chi connectivity index (χ0n) is 14.1. The molecular formula is C21H26N2. The molecule has 0 aliphatic heterocycles. The Hall–Kier alpha value is -2.22. The van der Waals surface area contributed by atoms with Gasteiger partial charge < -0.3 is 10.3 Å². The van der Waals surface area contributed by atoms with Crippen molar-refractivity contribution >= 4 is 22.3 Å². The van der Waals surface area contributed by atoms with Gasteiger partial charge >= 0.3 is 0 Å². The largest absolute Gasteiger partial charge is 0.361 e. The first-order valence-corrected chi connectivity index (χ1v) is 8.75. The van der Waals surface area contributed by atoms with Crippen molar-refractivity contribution in [2.45, 2.75) is 45.4 Å². The molecule has 3 aromatic rings. The van der Waals surface area contributed by atoms with E-state index in [1.165, 1.54) is 42.1 Å². The van der Waals surface area contributed by atoms with E-state index < -0.39 is 0 Å². The van der Waals surface area contributed by atoms with E-state index in [9.17, 15) is 0 Å². The van der Waals surface area contributed by atoms with Crippen molar-refractivity contribution in [1.29, 1.82) is 0 Å². The molecule has 2 nitrogen and oxygen atoms in total. The predicted octanol–water partition coefficient (Wildman–Crippen LogP) is 6.60. The van der Waals surface area contributed by atoms with Crippen molar-refractivity contribution in [3.63, 3.8) is 0 Å². The number of fused-ring (bicyclic) bond motifs is 1. The normalized spacial score (nSPS) is 11.3. The van der Waals surface area contributed by atoms with Gasteiger partial charge in [0.2, 0.25) is 0 Å². The maximum atomic E-state index is 3.47. The number of benzene rings is 2. The summed E-state index contributed by atoms with van der Waals surface area (Å²) in [5.74, 6) is 0.673. The maximum Gasteiger partial charge on any atom is 0.0477 e. The Labute approximate surface area is 138 Å². The molecule has 1 heterocycles. The average molecular weight is 306 g/mol. The number of hydrogen-bond acceptors (Lipinski definition) is 1. The van der Waals surface area contributed by atoms with Crippen LogP contribution in [-0.2, 0) is 0 Å². The first-order chi connectivity index (χ1) is 11.3. The van der Waals surface area contributed by atoms with Gasteiger partial charge in [0.15, 0.2) is 0 Å². The molecule has 0 atom stereocenters. The summed E-state index contributed by atoms with van der Waals surface area (Å²) in [5, 5.41) is 4.84. The molecule has 0 spiro atoms. The Morgan fingerprint density at radius 1 is 0.913 bits per heavy atom. The first kappa shape index (κ1) is 15.7. The summed E-state index contributed by atoms with van der Waals surface area (Å²) in [4.78, 5) is 3.47. The second-order valence-corrected chi connectivity index (χ2v) is 6.27. The molecular weight excluding hydrogens is 280 g/mol. The molecule has 0 fully saturated rings. The zero-order valence-corrected chi connectivity index (χ0v) is 14.1. The lowest BCUT2D eigenvalue weighted by atomic mass is 9.90. The molecule has 0 amide bonds. The van der Waals surface area contributed by atoms with E-state index >= 15 is 0 Å². The molecule has 23 heavy (non-hydrogen) atoms. The van der Waals surface area contributed by atoms with Gasteiger partial charge in [0.25, 0.3) is 0 Å². The lowest BCUT2D eigenvalue weighted by Gasteiger charge is -2.14. The van der Waals surface area contributed by atoms with Gasteiger partial charge in [-0.2, -0.15) is 0 Å². The maximum absolute atomic E-state index is 3.47. The van der Waals surface area contributed by atoms with E-state index in [0.717, 1.165) is 11.4 Å². The van der Waals surface area contributed by atoms with Crippen LogP contribution < -0.4 is 5.32 Å². The monoisotopic (exact) mass is 306 g/mol. The van der Waals surface area contributed by atoms with Crippen molar-refractivity contribution in [2.75, 3.05) is 5.32 Å². The lowest BCUT2D eigenvalue weighted by Crippen LogP contribution is -1.97. The van der Waals surface area contributed by atoms with E-state index in [0.29, 0.717) is 5.92 Å². The van der Waals surface area contributed by atoms with Crippen molar-refractivity contribution in [3.8, 4) is 0 Å². The van der Waals surface area contributed by atoms with Crippen LogP contribution >= 0.6 is 0 Å². The standard InChI is InChI=1S/C21H26N2/c1-3-8-16(9-4-2)20-15-22-21-14-18(12-13-19(20)21)23-17-10-6-5-7-11-17/h5-7,10-16,22-23H,3-4,8-9H2,1-2H3. The highest BCUT2D eigenvalue weighted by molar-refractivity contribution is 5.87. The predicted molar refractivity (Wildman–Crippen MR) is 101 cm³/mol. The molecule has 0 aliphatic carbocycles. The summed E-state index contributed by atoms with van der Waals surface area (Å²) in [6, 6.07) is 17.0. The van der Waals surface area contributed by atoms with Gasteiger partial charge in [-0.3, -0.25) is 0 Å². The Kier molecular flexibility index (Phi) is 5.02. The SMILES string of the molecule is CCCC(CCC)c1c[nH]c2cc(Nc3ccccc3)ccc12. The number of anilines is 2. The van der Waals surface area contributed by atoms with Crippen molar-refractivity contribution in [2.24, 2.45) is 0 Å². The third-order valence-corrected chi connectivity index (χ3v) is 4.49. The van der Waals surface area contributed by atoms with Gasteiger partial charge in [-0.05, 0) is 48.6 Å². The van der Waals surface area contributed by atoms with E-state index in [1.807, 2.05) is 18.2 Å². The van der Waals surface area contributed by atoms with Crippen LogP contribution in [0.25, 0.3) is 10.9 Å². The second-order valence-electron chi connectivity index (χ2n) is 6.27. The minimum Gasteiger partial charge on any atom is -0.361 e. The van der Waals surface area contributed by atoms with E-state index in [1.54, 1.807) is 0 Å². The first-order valence-electron chi connectivity index (χ1n) is 8.75. The molecule has 0 saturated carbocycles. The second kappa shape index (κ2) is 7.36. The van der Waals surface area contributed by atoms with Crippen LogP contribution in [0.15, 0.2) is 54.7 Å². The average Bonchev–Trinajstić information content (AvgIpc) is 2.99. The highest BCUT2D eigenvalue weighted by Gasteiger charge is 2.14. The van der Waals surface area contributed by atoms with Crippen molar-refractivity contribution in [3.05, 3.63) is 60.3 Å². The molecule has 1 aromatic heterocycles. The minimum absolute atomic E-state index is 0.673. The van der Waals surface area contributed by atoms with Crippen molar-refractivity contribution < 1.29 is 0 Å². The van der Waals surface area contributed by atoms with Crippen LogP contribution in [0.3, 0.4) is 0 Å². The highest BCUT2D eigenvalue weighted by atomic mass is 14.9. The number of hydrogen-bond donors (Lipinski definition) is 2. The fourth-order valence-corrected chi connectivity index (χ4v) is 3.40. The molecule has 2 N–H and O–H groups in total. The highest BCUT2D eigenvalue weighted by Crippen LogP contribution is 2.33. The number of aromatic amines is 1. The molecule has 0 bridgehead atoms.